The predicted molar refractivity (Wildman–Crippen MR) is 145 cm³/mol. The number of benzene rings is 2. The van der Waals surface area contributed by atoms with Crippen LogP contribution in [0.1, 0.15) is 34.6 Å². The Morgan fingerprint density at radius 3 is 2.23 bits per heavy atom. The highest BCUT2D eigenvalue weighted by Gasteiger charge is 2.29. The fourth-order valence-corrected chi connectivity index (χ4v) is 4.92. The Morgan fingerprint density at radius 1 is 0.907 bits per heavy atom. The van der Waals surface area contributed by atoms with E-state index in [9.17, 15) is 36.7 Å². The van der Waals surface area contributed by atoms with Crippen LogP contribution in [-0.4, -0.2) is 54.0 Å². The molecule has 0 radical (unpaired) electrons. The van der Waals surface area contributed by atoms with Crippen molar-refractivity contribution in [3.63, 3.8) is 0 Å². The van der Waals surface area contributed by atoms with Crippen molar-refractivity contribution in [2.75, 3.05) is 43.2 Å². The second kappa shape index (κ2) is 11.5. The van der Waals surface area contributed by atoms with E-state index in [2.05, 4.69) is 0 Å². The first-order chi connectivity index (χ1) is 20.5. The number of carbonyl (C=O) groups is 2. The van der Waals surface area contributed by atoms with Gasteiger partial charge in [0, 0.05) is 37.4 Å². The number of hydrogen-bond acceptors (Lipinski definition) is 7. The lowest BCUT2D eigenvalue weighted by molar-refractivity contribution is 0.0524. The highest BCUT2D eigenvalue weighted by molar-refractivity contribution is 6.03. The van der Waals surface area contributed by atoms with Crippen molar-refractivity contribution in [1.82, 2.24) is 9.24 Å². The van der Waals surface area contributed by atoms with E-state index < -0.39 is 73.8 Å². The van der Waals surface area contributed by atoms with Gasteiger partial charge in [-0.3, -0.25) is 24.5 Å². The third-order valence-electron chi connectivity index (χ3n) is 7.02. The van der Waals surface area contributed by atoms with Crippen molar-refractivity contribution in [2.24, 2.45) is 0 Å². The molecule has 1 amide bonds. The molecule has 0 spiro atoms. The first-order valence-corrected chi connectivity index (χ1v) is 13.1. The smallest absolute Gasteiger partial charge is 0.343 e. The van der Waals surface area contributed by atoms with Gasteiger partial charge in [-0.2, -0.15) is 0 Å². The van der Waals surface area contributed by atoms with Crippen LogP contribution >= 0.6 is 0 Å². The number of aromatic nitrogens is 2. The van der Waals surface area contributed by atoms with Crippen LogP contribution in [0.4, 0.5) is 27.6 Å². The number of aryl methyl sites for hydroxylation is 1. The minimum atomic E-state index is -2.32. The van der Waals surface area contributed by atoms with Crippen molar-refractivity contribution in [1.29, 1.82) is 0 Å². The molecule has 10 nitrogen and oxygen atoms in total. The molecule has 1 aliphatic heterocycles. The van der Waals surface area contributed by atoms with Gasteiger partial charge in [0.15, 0.2) is 23.3 Å². The van der Waals surface area contributed by atoms with E-state index >= 15 is 4.39 Å². The molecule has 4 aromatic rings. The van der Waals surface area contributed by atoms with Gasteiger partial charge in [0.05, 0.1) is 36.4 Å². The van der Waals surface area contributed by atoms with Crippen LogP contribution in [-0.2, 0) is 16.0 Å². The minimum absolute atomic E-state index is 0.175. The average Bonchev–Trinajstić information content (AvgIpc) is 3.00. The molecular formula is C28H23F5N4O6. The SMILES string of the molecule is CCOC(=O)c1cn(NC(=O)c2cn(CC)c3cc(N4CCOCC4)c(F)cc3c2=O)c2c(F)c(F)c(F)c(F)c2c1=O. The number of amides is 1. The van der Waals surface area contributed by atoms with Gasteiger partial charge in [-0.05, 0) is 26.0 Å². The predicted octanol–water partition coefficient (Wildman–Crippen LogP) is 3.43. The number of hydrogen-bond donors (Lipinski definition) is 1. The Kier molecular flexibility index (Phi) is 7.92. The largest absolute Gasteiger partial charge is 0.462 e. The fraction of sp³-hybridized carbons (Fsp3) is 0.286. The summed E-state index contributed by atoms with van der Waals surface area (Å²) >= 11 is 0. The number of fused-ring (bicyclic) bond motifs is 2. The lowest BCUT2D eigenvalue weighted by atomic mass is 10.1. The normalized spacial score (nSPS) is 13.5. The summed E-state index contributed by atoms with van der Waals surface area (Å²) in [7, 11) is 0. The van der Waals surface area contributed by atoms with Crippen molar-refractivity contribution in [2.45, 2.75) is 20.4 Å². The maximum Gasteiger partial charge on any atom is 0.343 e. The van der Waals surface area contributed by atoms with E-state index in [0.29, 0.717) is 38.0 Å². The molecule has 0 atom stereocenters. The number of rotatable bonds is 6. The molecule has 1 N–H and O–H groups in total. The molecule has 1 fully saturated rings. The Balaban J connectivity index is 1.68. The highest BCUT2D eigenvalue weighted by atomic mass is 19.2. The zero-order valence-corrected chi connectivity index (χ0v) is 22.7. The molecule has 0 unspecified atom stereocenters. The van der Waals surface area contributed by atoms with Crippen molar-refractivity contribution in [3.05, 3.63) is 85.2 Å². The maximum atomic E-state index is 15.2. The van der Waals surface area contributed by atoms with Gasteiger partial charge in [0.2, 0.25) is 10.9 Å². The number of nitrogens with zero attached hydrogens (tertiary/aromatic N) is 3. The molecule has 5 rings (SSSR count). The maximum absolute atomic E-state index is 15.2. The van der Waals surface area contributed by atoms with E-state index in [-0.39, 0.29) is 28.9 Å². The van der Waals surface area contributed by atoms with Crippen LogP contribution in [0.5, 0.6) is 0 Å². The third-order valence-corrected chi connectivity index (χ3v) is 7.02. The lowest BCUT2D eigenvalue weighted by Gasteiger charge is -2.29. The summed E-state index contributed by atoms with van der Waals surface area (Å²) in [6.45, 7) is 4.66. The zero-order chi connectivity index (χ0) is 31.2. The summed E-state index contributed by atoms with van der Waals surface area (Å²) in [5.41, 5.74) is -2.71. The van der Waals surface area contributed by atoms with Gasteiger partial charge < -0.3 is 18.9 Å². The molecule has 43 heavy (non-hydrogen) atoms. The number of ether oxygens (including phenoxy) is 2. The molecule has 2 aromatic heterocycles. The molecule has 1 saturated heterocycles. The van der Waals surface area contributed by atoms with E-state index in [1.54, 1.807) is 11.8 Å². The van der Waals surface area contributed by atoms with E-state index in [1.165, 1.54) is 17.6 Å². The number of esters is 1. The van der Waals surface area contributed by atoms with Gasteiger partial charge in [-0.15, -0.1) is 0 Å². The number of carbonyl (C=O) groups excluding carboxylic acids is 2. The Bertz CT molecular complexity index is 1930. The Hall–Kier alpha value is -4.79. The van der Waals surface area contributed by atoms with Gasteiger partial charge in [0.1, 0.15) is 22.5 Å². The summed E-state index contributed by atoms with van der Waals surface area (Å²) in [6, 6.07) is 2.45. The second-order valence-corrected chi connectivity index (χ2v) is 9.46. The average molecular weight is 607 g/mol. The van der Waals surface area contributed by atoms with E-state index in [4.69, 9.17) is 9.47 Å². The number of nitrogens with one attached hydrogen (secondary N) is 1. The van der Waals surface area contributed by atoms with Crippen LogP contribution in [0.2, 0.25) is 0 Å². The lowest BCUT2D eigenvalue weighted by Crippen LogP contribution is -2.37. The summed E-state index contributed by atoms with van der Waals surface area (Å²) in [6.07, 6.45) is 1.68. The molecule has 0 bridgehead atoms. The standard InChI is InChI=1S/C28H23F5N4O6/c1-3-35-11-14(25(38)13-9-16(29)18(10-17(13)35)36-5-7-42-8-6-36)27(40)34-37-12-15(28(41)43-4-2)26(39)19-20(30)21(31)22(32)23(33)24(19)37/h9-12H,3-8H2,1-2H3,(H,34,40). The summed E-state index contributed by atoms with van der Waals surface area (Å²) < 4.78 is 85.0. The quantitative estimate of drug-likeness (QED) is 0.155. The molecule has 1 aliphatic rings. The number of morpholine rings is 1. The first-order valence-electron chi connectivity index (χ1n) is 13.1. The minimum Gasteiger partial charge on any atom is -0.462 e. The highest BCUT2D eigenvalue weighted by Crippen LogP contribution is 2.27. The van der Waals surface area contributed by atoms with Crippen LogP contribution in [0.25, 0.3) is 21.8 Å². The zero-order valence-electron chi connectivity index (χ0n) is 22.7. The fourth-order valence-electron chi connectivity index (χ4n) is 4.92. The van der Waals surface area contributed by atoms with Crippen LogP contribution in [0.3, 0.4) is 0 Å². The number of anilines is 1. The molecule has 3 heterocycles. The molecule has 2 aromatic carbocycles. The summed E-state index contributed by atoms with van der Waals surface area (Å²) in [4.78, 5) is 53.8. The molecule has 15 heteroatoms. The Morgan fingerprint density at radius 2 is 1.58 bits per heavy atom. The van der Waals surface area contributed by atoms with Crippen LogP contribution in [0.15, 0.2) is 34.1 Å². The van der Waals surface area contributed by atoms with E-state index in [1.807, 2.05) is 5.43 Å². The number of pyridine rings is 2. The van der Waals surface area contributed by atoms with Crippen molar-refractivity contribution < 1.29 is 41.0 Å². The van der Waals surface area contributed by atoms with Gasteiger partial charge >= 0.3 is 5.97 Å². The van der Waals surface area contributed by atoms with Gasteiger partial charge in [-0.1, -0.05) is 0 Å². The number of halogens is 5. The third kappa shape index (κ3) is 4.98. The molecule has 226 valence electrons. The summed E-state index contributed by atoms with van der Waals surface area (Å²) in [5.74, 6) is -12.1. The monoisotopic (exact) mass is 606 g/mol. The molecule has 0 aliphatic carbocycles. The van der Waals surface area contributed by atoms with Crippen molar-refractivity contribution >= 4 is 39.4 Å². The van der Waals surface area contributed by atoms with Crippen LogP contribution in [0, 0.1) is 29.1 Å². The second-order valence-electron chi connectivity index (χ2n) is 9.46. The molecular weight excluding hydrogens is 583 g/mol. The molecule has 0 saturated carbocycles. The first kappa shape index (κ1) is 29.7. The van der Waals surface area contributed by atoms with Gasteiger partial charge in [-0.25, -0.2) is 26.7 Å². The topological polar surface area (TPSA) is 112 Å². The Labute approximate surface area is 238 Å². The van der Waals surface area contributed by atoms with E-state index in [0.717, 1.165) is 12.3 Å². The van der Waals surface area contributed by atoms with Gasteiger partial charge in [0.25, 0.3) is 5.91 Å². The van der Waals surface area contributed by atoms with Crippen molar-refractivity contribution in [3.8, 4) is 0 Å². The van der Waals surface area contributed by atoms with Crippen LogP contribution < -0.4 is 21.2 Å². The summed E-state index contributed by atoms with van der Waals surface area (Å²) in [5, 5.41) is -1.56.